The quantitative estimate of drug-likeness (QED) is 0.218. The Bertz CT molecular complexity index is 1740. The number of hydrogen-bond acceptors (Lipinski definition) is 6. The average molecular weight is 677 g/mol. The van der Waals surface area contributed by atoms with Crippen LogP contribution in [0.1, 0.15) is 104 Å². The molecule has 2 aliphatic carbocycles. The highest BCUT2D eigenvalue weighted by Gasteiger charge is 2.52. The summed E-state index contributed by atoms with van der Waals surface area (Å²) in [6.07, 6.45) is 9.52. The SMILES string of the molecule is CC(C)(C)OC(=O)N1[C@@H]2CC[C@H](C2)[C@H]1c1ncc(-c2ccc(-c3ccc(-c4cnc([C@@H]5[C@@H]6CC[C@@H](C6)N5C(=O)OC(C)(C)C)[nH]4)cc3)cc2)[nH]1. The Morgan fingerprint density at radius 3 is 1.32 bits per heavy atom. The second kappa shape index (κ2) is 12.0. The lowest BCUT2D eigenvalue weighted by Crippen LogP contribution is -2.43. The second-order valence-electron chi connectivity index (χ2n) is 16.6. The van der Waals surface area contributed by atoms with Crippen molar-refractivity contribution in [1.29, 1.82) is 0 Å². The van der Waals surface area contributed by atoms with Gasteiger partial charge in [0.25, 0.3) is 0 Å². The summed E-state index contributed by atoms with van der Waals surface area (Å²) in [7, 11) is 0. The molecule has 2 amide bonds. The highest BCUT2D eigenvalue weighted by atomic mass is 16.6. The van der Waals surface area contributed by atoms with Gasteiger partial charge in [0.2, 0.25) is 0 Å². The molecule has 50 heavy (non-hydrogen) atoms. The van der Waals surface area contributed by atoms with Gasteiger partial charge in [0.1, 0.15) is 22.9 Å². The van der Waals surface area contributed by atoms with Crippen molar-refractivity contribution < 1.29 is 19.1 Å². The molecule has 10 nitrogen and oxygen atoms in total. The zero-order valence-corrected chi connectivity index (χ0v) is 29.9. The number of aromatic amines is 2. The maximum absolute atomic E-state index is 13.2. The summed E-state index contributed by atoms with van der Waals surface area (Å²) in [6, 6.07) is 17.2. The summed E-state index contributed by atoms with van der Waals surface area (Å²) in [5.41, 5.74) is 5.11. The Labute approximate surface area is 294 Å². The van der Waals surface area contributed by atoms with Gasteiger partial charge in [0.05, 0.1) is 35.9 Å². The number of likely N-dealkylation sites (tertiary alicyclic amines) is 2. The molecule has 8 rings (SSSR count). The molecule has 4 aliphatic rings. The van der Waals surface area contributed by atoms with Gasteiger partial charge in [-0.25, -0.2) is 19.6 Å². The molecule has 2 N–H and O–H groups in total. The lowest BCUT2D eigenvalue weighted by atomic mass is 9.98. The van der Waals surface area contributed by atoms with E-state index < -0.39 is 11.2 Å². The van der Waals surface area contributed by atoms with E-state index in [0.29, 0.717) is 11.8 Å². The van der Waals surface area contributed by atoms with Gasteiger partial charge >= 0.3 is 12.2 Å². The molecule has 6 atom stereocenters. The van der Waals surface area contributed by atoms with Crippen LogP contribution in [0.4, 0.5) is 9.59 Å². The van der Waals surface area contributed by atoms with Crippen LogP contribution in [0.2, 0.25) is 0 Å². The molecule has 4 heterocycles. The molecule has 4 fully saturated rings. The Kier molecular flexibility index (Phi) is 7.84. The third kappa shape index (κ3) is 6.07. The first-order valence-corrected chi connectivity index (χ1v) is 18.1. The Morgan fingerprint density at radius 2 is 0.960 bits per heavy atom. The zero-order valence-electron chi connectivity index (χ0n) is 29.9. The van der Waals surface area contributed by atoms with Gasteiger partial charge in [0, 0.05) is 12.1 Å². The van der Waals surface area contributed by atoms with Crippen LogP contribution >= 0.6 is 0 Å². The van der Waals surface area contributed by atoms with E-state index in [-0.39, 0.29) is 36.4 Å². The lowest BCUT2D eigenvalue weighted by molar-refractivity contribution is 0.00523. The van der Waals surface area contributed by atoms with Crippen molar-refractivity contribution in [3.8, 4) is 33.6 Å². The third-order valence-corrected chi connectivity index (χ3v) is 10.9. The van der Waals surface area contributed by atoms with Gasteiger partial charge in [0.15, 0.2) is 0 Å². The minimum absolute atomic E-state index is 0.0849. The standard InChI is InChI=1S/C40H48N6O4/c1-39(2,3)49-37(47)45-29-17-15-27(19-29)33(45)35-41-21-31(43-35)25-11-7-23(8-12-25)24-9-13-26(14-10-24)32-22-42-36(44-32)34-28-16-18-30(20-28)46(34)38(48)50-40(4,5)6/h7-14,21-22,27-30,33-34H,15-20H2,1-6H3,(H,41,43)(H,42,44)/t27-,28-,29-,30+,33+,34+/m1/s1. The molecule has 2 aromatic carbocycles. The van der Waals surface area contributed by atoms with Crippen LogP contribution in [0, 0.1) is 11.8 Å². The minimum Gasteiger partial charge on any atom is -0.444 e. The molecule has 262 valence electrons. The fourth-order valence-corrected chi connectivity index (χ4v) is 8.79. The van der Waals surface area contributed by atoms with Crippen molar-refractivity contribution in [2.75, 3.05) is 0 Å². The van der Waals surface area contributed by atoms with Gasteiger partial charge in [-0.05, 0) is 114 Å². The van der Waals surface area contributed by atoms with E-state index in [1.807, 2.05) is 63.7 Å². The number of nitrogens with one attached hydrogen (secondary N) is 2. The molecule has 0 unspecified atom stereocenters. The maximum Gasteiger partial charge on any atom is 0.411 e. The van der Waals surface area contributed by atoms with E-state index >= 15 is 0 Å². The van der Waals surface area contributed by atoms with Crippen molar-refractivity contribution in [3.05, 3.63) is 72.6 Å². The number of H-pyrrole nitrogens is 2. The number of imidazole rings is 2. The van der Waals surface area contributed by atoms with E-state index in [1.54, 1.807) is 0 Å². The molecule has 2 saturated carbocycles. The molecule has 4 aromatic rings. The molecule has 0 spiro atoms. The molecular weight excluding hydrogens is 628 g/mol. The van der Waals surface area contributed by atoms with Gasteiger partial charge < -0.3 is 19.4 Å². The van der Waals surface area contributed by atoms with E-state index in [2.05, 4.69) is 58.5 Å². The van der Waals surface area contributed by atoms with Crippen LogP contribution in [-0.2, 0) is 9.47 Å². The molecule has 0 radical (unpaired) electrons. The van der Waals surface area contributed by atoms with Gasteiger partial charge in [-0.2, -0.15) is 0 Å². The first kappa shape index (κ1) is 32.6. The molecular formula is C40H48N6O4. The Hall–Kier alpha value is -4.60. The van der Waals surface area contributed by atoms with Crippen LogP contribution in [0.5, 0.6) is 0 Å². The van der Waals surface area contributed by atoms with Crippen LogP contribution in [0.3, 0.4) is 0 Å². The number of aromatic nitrogens is 4. The predicted molar refractivity (Wildman–Crippen MR) is 191 cm³/mol. The topological polar surface area (TPSA) is 116 Å². The largest absolute Gasteiger partial charge is 0.444 e. The normalized spacial score (nSPS) is 25.8. The predicted octanol–water partition coefficient (Wildman–Crippen LogP) is 9.05. The van der Waals surface area contributed by atoms with Crippen LogP contribution in [0.25, 0.3) is 33.6 Å². The van der Waals surface area contributed by atoms with E-state index in [4.69, 9.17) is 19.4 Å². The van der Waals surface area contributed by atoms with Gasteiger partial charge in [-0.3, -0.25) is 9.80 Å². The average Bonchev–Trinajstić information content (AvgIpc) is 3.92. The number of piperidine rings is 2. The summed E-state index contributed by atoms with van der Waals surface area (Å²) < 4.78 is 11.6. The molecule has 2 aliphatic heterocycles. The summed E-state index contributed by atoms with van der Waals surface area (Å²) >= 11 is 0. The van der Waals surface area contributed by atoms with E-state index in [1.165, 1.54) is 0 Å². The van der Waals surface area contributed by atoms with E-state index in [9.17, 15) is 9.59 Å². The van der Waals surface area contributed by atoms with Crippen LogP contribution < -0.4 is 0 Å². The number of nitrogens with zero attached hydrogens (tertiary/aromatic N) is 4. The van der Waals surface area contributed by atoms with Gasteiger partial charge in [-0.15, -0.1) is 0 Å². The highest BCUT2D eigenvalue weighted by molar-refractivity contribution is 5.73. The maximum atomic E-state index is 13.2. The zero-order chi connectivity index (χ0) is 34.9. The van der Waals surface area contributed by atoms with Crippen molar-refractivity contribution >= 4 is 12.2 Å². The Balaban J connectivity index is 0.953. The van der Waals surface area contributed by atoms with E-state index in [0.717, 1.165) is 83.8 Å². The number of carbonyl (C=O) groups is 2. The van der Waals surface area contributed by atoms with Crippen LogP contribution in [0.15, 0.2) is 60.9 Å². The van der Waals surface area contributed by atoms with Crippen molar-refractivity contribution in [2.24, 2.45) is 11.8 Å². The third-order valence-electron chi connectivity index (χ3n) is 10.9. The smallest absolute Gasteiger partial charge is 0.411 e. The van der Waals surface area contributed by atoms with Crippen LogP contribution in [-0.4, -0.2) is 65.2 Å². The monoisotopic (exact) mass is 676 g/mol. The number of carbonyl (C=O) groups excluding carboxylic acids is 2. The molecule has 4 bridgehead atoms. The fraction of sp³-hybridized carbons (Fsp3) is 0.500. The number of amides is 2. The summed E-state index contributed by atoms with van der Waals surface area (Å²) in [5, 5.41) is 0. The number of rotatable bonds is 5. The highest BCUT2D eigenvalue weighted by Crippen LogP contribution is 2.51. The first-order valence-electron chi connectivity index (χ1n) is 18.1. The van der Waals surface area contributed by atoms with Crippen molar-refractivity contribution in [1.82, 2.24) is 29.7 Å². The minimum atomic E-state index is -0.537. The number of fused-ring (bicyclic) bond motifs is 4. The van der Waals surface area contributed by atoms with Crippen molar-refractivity contribution in [2.45, 2.75) is 115 Å². The fourth-order valence-electron chi connectivity index (χ4n) is 8.79. The molecule has 2 saturated heterocycles. The number of hydrogen-bond donors (Lipinski definition) is 2. The molecule has 10 heteroatoms. The number of benzene rings is 2. The summed E-state index contributed by atoms with van der Waals surface area (Å²) in [6.45, 7) is 11.5. The summed E-state index contributed by atoms with van der Waals surface area (Å²) in [5.74, 6) is 2.46. The number of ether oxygens (including phenoxy) is 2. The summed E-state index contributed by atoms with van der Waals surface area (Å²) in [4.78, 5) is 46.8. The molecule has 2 aromatic heterocycles. The lowest BCUT2D eigenvalue weighted by Gasteiger charge is -2.35. The second-order valence-corrected chi connectivity index (χ2v) is 16.6. The Morgan fingerprint density at radius 1 is 0.600 bits per heavy atom. The first-order chi connectivity index (χ1) is 23.8. The van der Waals surface area contributed by atoms with Crippen molar-refractivity contribution in [3.63, 3.8) is 0 Å². The van der Waals surface area contributed by atoms with Gasteiger partial charge in [-0.1, -0.05) is 48.5 Å².